The van der Waals surface area contributed by atoms with E-state index in [0.717, 1.165) is 31.3 Å². The second-order valence-electron chi connectivity index (χ2n) is 1.80. The third kappa shape index (κ3) is 8.27. The molecular formula is C7H16O2S. The summed E-state index contributed by atoms with van der Waals surface area (Å²) in [6, 6.07) is 0. The lowest BCUT2D eigenvalue weighted by Crippen LogP contribution is -1.99. The highest BCUT2D eigenvalue weighted by atomic mass is 32.2. The maximum atomic E-state index is 5.15. The van der Waals surface area contributed by atoms with Crippen LogP contribution in [0.2, 0.25) is 0 Å². The molecular weight excluding hydrogens is 148 g/mol. The smallest absolute Gasteiger partial charge is 0.0556 e. The zero-order valence-corrected chi connectivity index (χ0v) is 7.58. The molecule has 0 aromatic rings. The second-order valence-corrected chi connectivity index (χ2v) is 3.03. The van der Waals surface area contributed by atoms with Gasteiger partial charge in [-0.05, 0) is 6.92 Å². The van der Waals surface area contributed by atoms with Crippen LogP contribution in [-0.2, 0) is 9.47 Å². The Kier molecular flexibility index (Phi) is 9.52. The lowest BCUT2D eigenvalue weighted by molar-refractivity contribution is 0.164. The van der Waals surface area contributed by atoms with Crippen LogP contribution in [0.4, 0.5) is 0 Å². The monoisotopic (exact) mass is 164 g/mol. The van der Waals surface area contributed by atoms with Gasteiger partial charge in [-0.2, -0.15) is 11.8 Å². The Morgan fingerprint density at radius 1 is 1.20 bits per heavy atom. The van der Waals surface area contributed by atoms with E-state index in [4.69, 9.17) is 9.47 Å². The number of ether oxygens (including phenoxy) is 2. The molecule has 2 nitrogen and oxygen atoms in total. The van der Waals surface area contributed by atoms with Crippen LogP contribution in [0.3, 0.4) is 0 Å². The molecule has 0 saturated heterocycles. The number of hydrogen-bond acceptors (Lipinski definition) is 3. The molecule has 0 atom stereocenters. The van der Waals surface area contributed by atoms with Crippen molar-refractivity contribution in [2.45, 2.75) is 6.92 Å². The molecule has 0 heterocycles. The van der Waals surface area contributed by atoms with Crippen LogP contribution in [0, 0.1) is 0 Å². The summed E-state index contributed by atoms with van der Waals surface area (Å²) in [5.41, 5.74) is 0. The maximum Gasteiger partial charge on any atom is 0.0556 e. The molecule has 0 aliphatic rings. The molecule has 0 aliphatic carbocycles. The molecule has 0 aromatic heterocycles. The number of hydrogen-bond donors (Lipinski definition) is 0. The molecule has 10 heavy (non-hydrogen) atoms. The predicted molar refractivity (Wildman–Crippen MR) is 45.7 cm³/mol. The third-order valence-electron chi connectivity index (χ3n) is 1.01. The average molecular weight is 164 g/mol. The van der Waals surface area contributed by atoms with Crippen LogP contribution >= 0.6 is 11.8 Å². The number of thioether (sulfide) groups is 1. The summed E-state index contributed by atoms with van der Waals surface area (Å²) in [7, 11) is 1.73. The van der Waals surface area contributed by atoms with Gasteiger partial charge in [-0.3, -0.25) is 0 Å². The van der Waals surface area contributed by atoms with Crippen molar-refractivity contribution in [3.63, 3.8) is 0 Å². The van der Waals surface area contributed by atoms with Crippen LogP contribution in [0.25, 0.3) is 0 Å². The van der Waals surface area contributed by atoms with Crippen LogP contribution < -0.4 is 0 Å². The van der Waals surface area contributed by atoms with Gasteiger partial charge in [0.25, 0.3) is 0 Å². The van der Waals surface area contributed by atoms with Gasteiger partial charge >= 0.3 is 0 Å². The van der Waals surface area contributed by atoms with Crippen LogP contribution in [0.5, 0.6) is 0 Å². The highest BCUT2D eigenvalue weighted by Crippen LogP contribution is 1.98. The van der Waals surface area contributed by atoms with Crippen molar-refractivity contribution in [3.05, 3.63) is 0 Å². The Hall–Kier alpha value is 0.270. The zero-order chi connectivity index (χ0) is 7.66. The Morgan fingerprint density at radius 3 is 2.50 bits per heavy atom. The Morgan fingerprint density at radius 2 is 1.90 bits per heavy atom. The van der Waals surface area contributed by atoms with E-state index >= 15 is 0 Å². The summed E-state index contributed by atoms with van der Waals surface area (Å²) < 4.78 is 10.0. The van der Waals surface area contributed by atoms with Crippen molar-refractivity contribution >= 4 is 11.8 Å². The summed E-state index contributed by atoms with van der Waals surface area (Å²) in [4.78, 5) is 0. The van der Waals surface area contributed by atoms with Crippen molar-refractivity contribution in [2.75, 3.05) is 38.4 Å². The molecule has 0 saturated carbocycles. The number of methoxy groups -OCH3 is 1. The molecule has 0 fully saturated rings. The lowest BCUT2D eigenvalue weighted by Gasteiger charge is -2.00. The first-order valence-corrected chi connectivity index (χ1v) is 4.71. The van der Waals surface area contributed by atoms with E-state index in [-0.39, 0.29) is 0 Å². The fraction of sp³-hybridized carbons (Fsp3) is 1.00. The first kappa shape index (κ1) is 10.3. The quantitative estimate of drug-likeness (QED) is 0.530. The lowest BCUT2D eigenvalue weighted by atomic mass is 10.8. The fourth-order valence-corrected chi connectivity index (χ4v) is 1.23. The highest BCUT2D eigenvalue weighted by molar-refractivity contribution is 7.99. The van der Waals surface area contributed by atoms with E-state index in [9.17, 15) is 0 Å². The maximum absolute atomic E-state index is 5.15. The van der Waals surface area contributed by atoms with Crippen LogP contribution in [0.15, 0.2) is 0 Å². The summed E-state index contributed by atoms with van der Waals surface area (Å²) in [6.07, 6.45) is 0. The first-order valence-electron chi connectivity index (χ1n) is 3.56. The van der Waals surface area contributed by atoms with Gasteiger partial charge < -0.3 is 9.47 Å². The van der Waals surface area contributed by atoms with E-state index < -0.39 is 0 Å². The summed E-state index contributed by atoms with van der Waals surface area (Å²) in [5.74, 6) is 2.15. The minimum atomic E-state index is 0.824. The van der Waals surface area contributed by atoms with Crippen molar-refractivity contribution in [2.24, 2.45) is 0 Å². The second kappa shape index (κ2) is 9.27. The minimum Gasteiger partial charge on any atom is -0.384 e. The summed E-state index contributed by atoms with van der Waals surface area (Å²) in [6.45, 7) is 4.55. The van der Waals surface area contributed by atoms with Crippen LogP contribution in [-0.4, -0.2) is 38.4 Å². The van der Waals surface area contributed by atoms with E-state index in [1.807, 2.05) is 18.7 Å². The summed E-state index contributed by atoms with van der Waals surface area (Å²) in [5, 5.41) is 0. The molecule has 0 N–H and O–H groups in total. The molecule has 0 aliphatic heterocycles. The third-order valence-corrected chi connectivity index (χ3v) is 1.92. The van der Waals surface area contributed by atoms with E-state index in [0.29, 0.717) is 0 Å². The fourth-order valence-electron chi connectivity index (χ4n) is 0.507. The van der Waals surface area contributed by atoms with Gasteiger partial charge in [-0.15, -0.1) is 0 Å². The summed E-state index contributed by atoms with van der Waals surface area (Å²) >= 11 is 1.87. The topological polar surface area (TPSA) is 18.5 Å². The standard InChI is InChI=1S/C7H16O2S/c1-3-9-5-7-10-6-4-8-2/h3-7H2,1-2H3. The molecule has 0 spiro atoms. The van der Waals surface area contributed by atoms with Crippen molar-refractivity contribution in [1.29, 1.82) is 0 Å². The van der Waals surface area contributed by atoms with Gasteiger partial charge in [0.15, 0.2) is 0 Å². The van der Waals surface area contributed by atoms with Crippen molar-refractivity contribution < 1.29 is 9.47 Å². The van der Waals surface area contributed by atoms with Gasteiger partial charge in [0, 0.05) is 25.2 Å². The molecule has 0 unspecified atom stereocenters. The minimum absolute atomic E-state index is 0.824. The van der Waals surface area contributed by atoms with Gasteiger partial charge in [0.2, 0.25) is 0 Å². The highest BCUT2D eigenvalue weighted by Gasteiger charge is 1.87. The van der Waals surface area contributed by atoms with Gasteiger partial charge in [-0.25, -0.2) is 0 Å². The van der Waals surface area contributed by atoms with Crippen molar-refractivity contribution in [1.82, 2.24) is 0 Å². The Bertz CT molecular complexity index is 51.6. The van der Waals surface area contributed by atoms with Gasteiger partial charge in [-0.1, -0.05) is 0 Å². The molecule has 0 rings (SSSR count). The Labute approximate surface area is 67.3 Å². The number of rotatable bonds is 7. The molecule has 3 heteroatoms. The normalized spacial score (nSPS) is 10.2. The molecule has 0 amide bonds. The van der Waals surface area contributed by atoms with Crippen molar-refractivity contribution in [3.8, 4) is 0 Å². The van der Waals surface area contributed by atoms with Gasteiger partial charge in [0.1, 0.15) is 0 Å². The van der Waals surface area contributed by atoms with E-state index in [1.165, 1.54) is 0 Å². The van der Waals surface area contributed by atoms with Crippen LogP contribution in [0.1, 0.15) is 6.92 Å². The zero-order valence-electron chi connectivity index (χ0n) is 6.76. The predicted octanol–water partition coefficient (Wildman–Crippen LogP) is 1.40. The molecule has 0 aromatic carbocycles. The molecule has 0 bridgehead atoms. The largest absolute Gasteiger partial charge is 0.384 e. The van der Waals surface area contributed by atoms with E-state index in [2.05, 4.69) is 0 Å². The molecule has 62 valence electrons. The first-order chi connectivity index (χ1) is 4.91. The van der Waals surface area contributed by atoms with Gasteiger partial charge in [0.05, 0.1) is 13.2 Å². The SMILES string of the molecule is CCOCCSCCOC. The average Bonchev–Trinajstić information content (AvgIpc) is 1.97. The van der Waals surface area contributed by atoms with E-state index in [1.54, 1.807) is 7.11 Å². The molecule has 0 radical (unpaired) electrons. The Balaban J connectivity index is 2.65.